The van der Waals surface area contributed by atoms with Gasteiger partial charge < -0.3 is 20.5 Å². The number of hydrogen-bond acceptors (Lipinski definition) is 3. The number of benzene rings is 1. The molecule has 0 aromatic heterocycles. The third-order valence-corrected chi connectivity index (χ3v) is 3.19. The topological polar surface area (TPSA) is 81.3 Å². The number of carbonyl (C=O) groups is 2. The first-order chi connectivity index (χ1) is 10.1. The maximum Gasteiger partial charge on any atom is 0.315 e. The van der Waals surface area contributed by atoms with Crippen molar-refractivity contribution in [3.8, 4) is 0 Å². The van der Waals surface area contributed by atoms with E-state index in [9.17, 15) is 14.7 Å². The van der Waals surface area contributed by atoms with Crippen LogP contribution >= 0.6 is 0 Å². The summed E-state index contributed by atoms with van der Waals surface area (Å²) in [5, 5.41) is 16.3. The van der Waals surface area contributed by atoms with Crippen molar-refractivity contribution in [2.75, 3.05) is 6.54 Å². The molecule has 0 saturated carbocycles. The average Bonchev–Trinajstić information content (AvgIpc) is 2.47. The first-order valence-electron chi connectivity index (χ1n) is 7.42. The summed E-state index contributed by atoms with van der Waals surface area (Å²) in [4.78, 5) is 22.6. The fourth-order valence-corrected chi connectivity index (χ4v) is 2.07. The van der Waals surface area contributed by atoms with E-state index in [-0.39, 0.29) is 12.5 Å². The number of amides is 2. The molecule has 0 aliphatic heterocycles. The first-order valence-corrected chi connectivity index (χ1v) is 7.42. The smallest absolute Gasteiger partial charge is 0.315 e. The van der Waals surface area contributed by atoms with E-state index in [0.717, 1.165) is 31.2 Å². The van der Waals surface area contributed by atoms with Crippen LogP contribution in [0.2, 0.25) is 0 Å². The lowest BCUT2D eigenvalue weighted by Crippen LogP contribution is -2.40. The minimum absolute atomic E-state index is 0.243. The van der Waals surface area contributed by atoms with E-state index in [4.69, 9.17) is 0 Å². The molecule has 0 aliphatic carbocycles. The highest BCUT2D eigenvalue weighted by atomic mass is 16.4. The van der Waals surface area contributed by atoms with Crippen molar-refractivity contribution >= 4 is 12.0 Å². The van der Waals surface area contributed by atoms with Gasteiger partial charge in [0.1, 0.15) is 0 Å². The lowest BCUT2D eigenvalue weighted by molar-refractivity contribution is -0.306. The zero-order valence-corrected chi connectivity index (χ0v) is 12.4. The van der Waals surface area contributed by atoms with Gasteiger partial charge in [0.25, 0.3) is 0 Å². The molecule has 1 aromatic carbocycles. The monoisotopic (exact) mass is 291 g/mol. The molecule has 5 heteroatoms. The van der Waals surface area contributed by atoms with E-state index in [2.05, 4.69) is 17.6 Å². The van der Waals surface area contributed by atoms with Gasteiger partial charge in [-0.3, -0.25) is 0 Å². The molecule has 1 atom stereocenters. The molecule has 2 N–H and O–H groups in total. The molecule has 0 aliphatic rings. The zero-order valence-electron chi connectivity index (χ0n) is 12.4. The summed E-state index contributed by atoms with van der Waals surface area (Å²) in [6.07, 6.45) is 4.07. The number of nitrogens with one attached hydrogen (secondary N) is 2. The van der Waals surface area contributed by atoms with Crippen molar-refractivity contribution in [2.24, 2.45) is 0 Å². The number of hydrogen-bond donors (Lipinski definition) is 2. The predicted molar refractivity (Wildman–Crippen MR) is 79.5 cm³/mol. The summed E-state index contributed by atoms with van der Waals surface area (Å²) in [7, 11) is 0. The quantitative estimate of drug-likeness (QED) is 0.680. The molecule has 0 spiro atoms. The van der Waals surface area contributed by atoms with E-state index in [1.165, 1.54) is 0 Å². The third kappa shape index (κ3) is 7.34. The number of carbonyl (C=O) groups excluding carboxylic acids is 2. The number of carboxylic acids is 1. The van der Waals surface area contributed by atoms with Gasteiger partial charge in [0.05, 0.1) is 6.04 Å². The Morgan fingerprint density at radius 3 is 2.48 bits per heavy atom. The second-order valence-corrected chi connectivity index (χ2v) is 5.00. The molecular weight excluding hydrogens is 268 g/mol. The second kappa shape index (κ2) is 9.80. The van der Waals surface area contributed by atoms with Crippen LogP contribution in [0.15, 0.2) is 30.3 Å². The molecule has 0 bridgehead atoms. The van der Waals surface area contributed by atoms with Crippen LogP contribution in [0.1, 0.15) is 50.6 Å². The first kappa shape index (κ1) is 17.0. The van der Waals surface area contributed by atoms with Gasteiger partial charge in [-0.2, -0.15) is 0 Å². The van der Waals surface area contributed by atoms with Crippen LogP contribution in [0.25, 0.3) is 0 Å². The summed E-state index contributed by atoms with van der Waals surface area (Å²) in [5.41, 5.74) is 0.753. The minimum Gasteiger partial charge on any atom is -0.550 e. The Hall–Kier alpha value is -2.04. The van der Waals surface area contributed by atoms with Crippen molar-refractivity contribution < 1.29 is 14.7 Å². The zero-order chi connectivity index (χ0) is 15.5. The van der Waals surface area contributed by atoms with E-state index >= 15 is 0 Å². The molecule has 0 heterocycles. The molecule has 21 heavy (non-hydrogen) atoms. The normalized spacial score (nSPS) is 11.7. The van der Waals surface area contributed by atoms with Crippen molar-refractivity contribution in [3.63, 3.8) is 0 Å². The highest BCUT2D eigenvalue weighted by Crippen LogP contribution is 2.15. The molecule has 1 aromatic rings. The van der Waals surface area contributed by atoms with E-state index in [0.29, 0.717) is 6.54 Å². The fraction of sp³-hybridized carbons (Fsp3) is 0.500. The van der Waals surface area contributed by atoms with Crippen molar-refractivity contribution in [3.05, 3.63) is 35.9 Å². The number of aliphatic carboxylic acids is 1. The Kier molecular flexibility index (Phi) is 7.94. The van der Waals surface area contributed by atoms with Crippen LogP contribution in [-0.4, -0.2) is 18.5 Å². The van der Waals surface area contributed by atoms with Gasteiger partial charge in [0.2, 0.25) is 0 Å². The Balaban J connectivity index is 2.45. The molecule has 116 valence electrons. The van der Waals surface area contributed by atoms with E-state index in [1.807, 2.05) is 18.2 Å². The maximum atomic E-state index is 11.8. The highest BCUT2D eigenvalue weighted by Gasteiger charge is 2.14. The Labute approximate surface area is 125 Å². The Morgan fingerprint density at radius 1 is 1.14 bits per heavy atom. The molecule has 5 nitrogen and oxygen atoms in total. The molecule has 0 saturated heterocycles. The van der Waals surface area contributed by atoms with Crippen LogP contribution < -0.4 is 15.7 Å². The summed E-state index contributed by atoms with van der Waals surface area (Å²) in [6, 6.07) is 8.11. The molecular formula is C16H23N2O3-. The largest absolute Gasteiger partial charge is 0.550 e. The highest BCUT2D eigenvalue weighted by molar-refractivity contribution is 5.75. The van der Waals surface area contributed by atoms with Gasteiger partial charge >= 0.3 is 6.03 Å². The molecule has 2 amide bonds. The van der Waals surface area contributed by atoms with Crippen LogP contribution in [0.4, 0.5) is 4.79 Å². The summed E-state index contributed by atoms with van der Waals surface area (Å²) >= 11 is 0. The summed E-state index contributed by atoms with van der Waals surface area (Å²) in [5.74, 6) is -1.19. The van der Waals surface area contributed by atoms with Gasteiger partial charge in [-0.15, -0.1) is 0 Å². The molecule has 0 radical (unpaired) electrons. The SMILES string of the molecule is CCCCCCNC(=O)N[C@@H](CC(=O)[O-])c1ccccc1. The number of rotatable bonds is 9. The van der Waals surface area contributed by atoms with Crippen LogP contribution in [0, 0.1) is 0 Å². The van der Waals surface area contributed by atoms with Gasteiger partial charge in [-0.25, -0.2) is 4.79 Å². The Bertz CT molecular complexity index is 434. The Morgan fingerprint density at radius 2 is 1.86 bits per heavy atom. The molecule has 0 fully saturated rings. The minimum atomic E-state index is -1.19. The van der Waals surface area contributed by atoms with Crippen LogP contribution in [0.5, 0.6) is 0 Å². The van der Waals surface area contributed by atoms with Gasteiger partial charge in [0.15, 0.2) is 0 Å². The van der Waals surface area contributed by atoms with E-state index in [1.54, 1.807) is 12.1 Å². The lowest BCUT2D eigenvalue weighted by Gasteiger charge is -2.20. The third-order valence-electron chi connectivity index (χ3n) is 3.19. The standard InChI is InChI=1S/C16H24N2O3/c1-2-3-4-8-11-17-16(21)18-14(12-15(19)20)13-9-6-5-7-10-13/h5-7,9-10,14H,2-4,8,11-12H2,1H3,(H,19,20)(H2,17,18,21)/p-1/t14-/m0/s1. The summed E-state index contributed by atoms with van der Waals surface area (Å²) in [6.45, 7) is 2.73. The molecule has 1 rings (SSSR count). The fourth-order valence-electron chi connectivity index (χ4n) is 2.07. The van der Waals surface area contributed by atoms with Gasteiger partial charge in [-0.1, -0.05) is 56.5 Å². The summed E-state index contributed by atoms with van der Waals surface area (Å²) < 4.78 is 0. The van der Waals surface area contributed by atoms with Crippen LogP contribution in [-0.2, 0) is 4.79 Å². The average molecular weight is 291 g/mol. The van der Waals surface area contributed by atoms with Crippen molar-refractivity contribution in [1.29, 1.82) is 0 Å². The number of carboxylic acid groups (broad SMARTS) is 1. The number of urea groups is 1. The number of unbranched alkanes of at least 4 members (excludes halogenated alkanes) is 3. The van der Waals surface area contributed by atoms with Crippen LogP contribution in [0.3, 0.4) is 0 Å². The van der Waals surface area contributed by atoms with E-state index < -0.39 is 12.0 Å². The maximum absolute atomic E-state index is 11.8. The second-order valence-electron chi connectivity index (χ2n) is 5.00. The predicted octanol–water partition coefficient (Wildman–Crippen LogP) is 1.75. The lowest BCUT2D eigenvalue weighted by atomic mass is 10.0. The van der Waals surface area contributed by atoms with Gasteiger partial charge in [-0.05, 0) is 12.0 Å². The molecule has 0 unspecified atom stereocenters. The van der Waals surface area contributed by atoms with Gasteiger partial charge in [0, 0.05) is 18.9 Å². The van der Waals surface area contributed by atoms with Crippen molar-refractivity contribution in [1.82, 2.24) is 10.6 Å². The van der Waals surface area contributed by atoms with Crippen molar-refractivity contribution in [2.45, 2.75) is 45.1 Å².